The molecule has 0 saturated heterocycles. The molecule has 0 radical (unpaired) electrons. The molecule has 2 aromatic heterocycles. The topological polar surface area (TPSA) is 34.6 Å². The number of methoxy groups -OCH3 is 2. The predicted molar refractivity (Wildman–Crippen MR) is 115 cm³/mol. The molecule has 2 aliphatic rings. The van der Waals surface area contributed by atoms with Gasteiger partial charge in [0.15, 0.2) is 11.5 Å². The molecule has 0 unspecified atom stereocenters. The van der Waals surface area contributed by atoms with E-state index < -0.39 is 0 Å². The fraction of sp³-hybridized carbons (Fsp3) is 0.409. The van der Waals surface area contributed by atoms with Crippen molar-refractivity contribution in [2.75, 3.05) is 20.8 Å². The highest BCUT2D eigenvalue weighted by Gasteiger charge is 2.39. The van der Waals surface area contributed by atoms with Gasteiger partial charge in [0.2, 0.25) is 0 Å². The summed E-state index contributed by atoms with van der Waals surface area (Å²) in [4.78, 5) is 9.19. The lowest BCUT2D eigenvalue weighted by Crippen LogP contribution is -2.35. The van der Waals surface area contributed by atoms with Gasteiger partial charge in [-0.3, -0.25) is 4.90 Å². The van der Waals surface area contributed by atoms with Crippen molar-refractivity contribution in [3.05, 3.63) is 51.2 Å². The molecule has 1 aromatic carbocycles. The van der Waals surface area contributed by atoms with E-state index in [9.17, 15) is 0 Å². The van der Waals surface area contributed by atoms with Crippen LogP contribution in [0.5, 0.6) is 11.5 Å². The molecule has 28 heavy (non-hydrogen) atoms. The monoisotopic (exact) mass is 412 g/mol. The maximum atomic E-state index is 5.44. The Hall–Kier alpha value is -1.89. The van der Waals surface area contributed by atoms with Gasteiger partial charge in [0, 0.05) is 35.0 Å². The number of fused-ring (bicyclic) bond motifs is 1. The van der Waals surface area contributed by atoms with Gasteiger partial charge in [-0.25, -0.2) is 4.98 Å². The summed E-state index contributed by atoms with van der Waals surface area (Å²) in [7, 11) is 3.33. The molecular formula is C22H24N2O2S2. The van der Waals surface area contributed by atoms with E-state index >= 15 is 0 Å². The van der Waals surface area contributed by atoms with Crippen LogP contribution in [-0.2, 0) is 13.0 Å². The summed E-state index contributed by atoms with van der Waals surface area (Å²) in [5.74, 6) is 2.32. The normalized spacial score (nSPS) is 19.4. The second kappa shape index (κ2) is 7.50. The molecule has 146 valence electrons. The third-order valence-electron chi connectivity index (χ3n) is 5.73. The first kappa shape index (κ1) is 18.2. The van der Waals surface area contributed by atoms with Gasteiger partial charge in [-0.05, 0) is 60.4 Å². The zero-order valence-corrected chi connectivity index (χ0v) is 17.8. The molecule has 1 aliphatic heterocycles. The van der Waals surface area contributed by atoms with Crippen molar-refractivity contribution in [1.29, 1.82) is 0 Å². The summed E-state index contributed by atoms with van der Waals surface area (Å²) in [5, 5.41) is 5.51. The molecule has 0 amide bonds. The van der Waals surface area contributed by atoms with Gasteiger partial charge in [0.25, 0.3) is 0 Å². The van der Waals surface area contributed by atoms with Crippen LogP contribution in [0.15, 0.2) is 35.0 Å². The Bertz CT molecular complexity index is 977. The minimum absolute atomic E-state index is 0.584. The van der Waals surface area contributed by atoms with Crippen molar-refractivity contribution in [3.63, 3.8) is 0 Å². The third-order valence-corrected chi connectivity index (χ3v) is 7.67. The Morgan fingerprint density at radius 3 is 2.75 bits per heavy atom. The van der Waals surface area contributed by atoms with Crippen molar-refractivity contribution in [3.8, 4) is 22.1 Å². The van der Waals surface area contributed by atoms with Gasteiger partial charge in [0.1, 0.15) is 5.01 Å². The van der Waals surface area contributed by atoms with E-state index in [1.54, 1.807) is 36.0 Å². The summed E-state index contributed by atoms with van der Waals surface area (Å²) in [6.07, 6.45) is 3.90. The predicted octanol–water partition coefficient (Wildman–Crippen LogP) is 5.40. The van der Waals surface area contributed by atoms with E-state index in [4.69, 9.17) is 14.5 Å². The van der Waals surface area contributed by atoms with Crippen LogP contribution in [0.2, 0.25) is 0 Å². The SMILES string of the molecule is COc1ccc(-c2nc(CN3CCc4sccc4[C@H]3C3CC3)cs2)cc1OC. The first-order valence-electron chi connectivity index (χ1n) is 9.74. The molecule has 3 aromatic rings. The van der Waals surface area contributed by atoms with Crippen LogP contribution in [0, 0.1) is 5.92 Å². The number of benzene rings is 1. The van der Waals surface area contributed by atoms with Crippen molar-refractivity contribution < 1.29 is 9.47 Å². The molecule has 1 atom stereocenters. The van der Waals surface area contributed by atoms with Crippen molar-refractivity contribution in [2.45, 2.75) is 31.8 Å². The Morgan fingerprint density at radius 1 is 1.11 bits per heavy atom. The van der Waals surface area contributed by atoms with Crippen LogP contribution in [0.1, 0.15) is 35.0 Å². The summed E-state index contributed by atoms with van der Waals surface area (Å²) >= 11 is 3.63. The number of hydrogen-bond acceptors (Lipinski definition) is 6. The van der Waals surface area contributed by atoms with Crippen LogP contribution >= 0.6 is 22.7 Å². The highest BCUT2D eigenvalue weighted by atomic mass is 32.1. The molecule has 1 saturated carbocycles. The van der Waals surface area contributed by atoms with Crippen LogP contribution in [-0.4, -0.2) is 30.6 Å². The number of nitrogens with zero attached hydrogens (tertiary/aromatic N) is 2. The highest BCUT2D eigenvalue weighted by Crippen LogP contribution is 2.48. The van der Waals surface area contributed by atoms with E-state index in [2.05, 4.69) is 27.8 Å². The van der Waals surface area contributed by atoms with E-state index in [1.165, 1.54) is 25.0 Å². The molecule has 6 heteroatoms. The molecule has 1 fully saturated rings. The lowest BCUT2D eigenvalue weighted by Gasteiger charge is -2.35. The minimum atomic E-state index is 0.584. The van der Waals surface area contributed by atoms with E-state index in [0.29, 0.717) is 6.04 Å². The second-order valence-corrected chi connectivity index (χ2v) is 9.37. The van der Waals surface area contributed by atoms with E-state index in [0.717, 1.165) is 41.1 Å². The lowest BCUT2D eigenvalue weighted by molar-refractivity contribution is 0.156. The van der Waals surface area contributed by atoms with Gasteiger partial charge in [-0.1, -0.05) is 0 Å². The zero-order chi connectivity index (χ0) is 19.1. The molecule has 4 nitrogen and oxygen atoms in total. The average Bonchev–Trinajstić information content (AvgIpc) is 3.25. The summed E-state index contributed by atoms with van der Waals surface area (Å²) in [6.45, 7) is 2.07. The van der Waals surface area contributed by atoms with Crippen LogP contribution in [0.25, 0.3) is 10.6 Å². The maximum Gasteiger partial charge on any atom is 0.161 e. The molecule has 0 spiro atoms. The highest BCUT2D eigenvalue weighted by molar-refractivity contribution is 7.13. The lowest BCUT2D eigenvalue weighted by atomic mass is 9.96. The summed E-state index contributed by atoms with van der Waals surface area (Å²) in [6, 6.07) is 8.94. The van der Waals surface area contributed by atoms with Gasteiger partial charge in [0.05, 0.1) is 19.9 Å². The fourth-order valence-electron chi connectivity index (χ4n) is 4.23. The van der Waals surface area contributed by atoms with Gasteiger partial charge in [-0.15, -0.1) is 22.7 Å². The van der Waals surface area contributed by atoms with Crippen molar-refractivity contribution in [2.24, 2.45) is 5.92 Å². The van der Waals surface area contributed by atoms with Crippen molar-refractivity contribution in [1.82, 2.24) is 9.88 Å². The Labute approximate surface area is 173 Å². The molecule has 0 N–H and O–H groups in total. The molecule has 0 bridgehead atoms. The number of aromatic nitrogens is 1. The summed E-state index contributed by atoms with van der Waals surface area (Å²) < 4.78 is 10.8. The van der Waals surface area contributed by atoms with Crippen LogP contribution in [0.3, 0.4) is 0 Å². The summed E-state index contributed by atoms with van der Waals surface area (Å²) in [5.41, 5.74) is 3.82. The fourth-order valence-corrected chi connectivity index (χ4v) is 5.95. The standard InChI is InChI=1S/C22H24N2O2S2/c1-25-18-6-5-15(11-19(18)26-2)22-23-16(13-28-22)12-24-9-7-20-17(8-10-27-20)21(24)14-3-4-14/h5-6,8,10-11,13-14,21H,3-4,7,9,12H2,1-2H3/t21-/m1/s1. The van der Waals surface area contributed by atoms with Gasteiger partial charge in [-0.2, -0.15) is 0 Å². The Balaban J connectivity index is 1.37. The largest absolute Gasteiger partial charge is 0.493 e. The number of thiazole rings is 1. The number of thiophene rings is 1. The van der Waals surface area contributed by atoms with Gasteiger partial charge >= 0.3 is 0 Å². The third kappa shape index (κ3) is 3.34. The number of hydrogen-bond donors (Lipinski definition) is 0. The smallest absolute Gasteiger partial charge is 0.161 e. The van der Waals surface area contributed by atoms with Crippen LogP contribution < -0.4 is 9.47 Å². The Kier molecular flexibility index (Phi) is 4.87. The Morgan fingerprint density at radius 2 is 1.96 bits per heavy atom. The molecule has 5 rings (SSSR count). The van der Waals surface area contributed by atoms with E-state index in [-0.39, 0.29) is 0 Å². The van der Waals surface area contributed by atoms with Gasteiger partial charge < -0.3 is 9.47 Å². The number of rotatable bonds is 6. The van der Waals surface area contributed by atoms with E-state index in [1.807, 2.05) is 23.5 Å². The molecule has 3 heterocycles. The maximum absolute atomic E-state index is 5.44. The van der Waals surface area contributed by atoms with Crippen molar-refractivity contribution >= 4 is 22.7 Å². The average molecular weight is 413 g/mol. The zero-order valence-electron chi connectivity index (χ0n) is 16.2. The quantitative estimate of drug-likeness (QED) is 0.543. The van der Waals surface area contributed by atoms with Crippen LogP contribution in [0.4, 0.5) is 0 Å². The molecule has 1 aliphatic carbocycles. The first-order valence-corrected chi connectivity index (χ1v) is 11.5. The second-order valence-electron chi connectivity index (χ2n) is 7.52. The molecular weight excluding hydrogens is 388 g/mol. The first-order chi connectivity index (χ1) is 13.8. The number of ether oxygens (including phenoxy) is 2. The minimum Gasteiger partial charge on any atom is -0.493 e.